The number of rotatable bonds is 5. The van der Waals surface area contributed by atoms with Gasteiger partial charge in [0.25, 0.3) is 0 Å². The molecule has 0 saturated carbocycles. The van der Waals surface area contributed by atoms with Gasteiger partial charge in [-0.25, -0.2) is 9.59 Å². The first-order chi connectivity index (χ1) is 11.5. The highest BCUT2D eigenvalue weighted by atomic mass is 32.2. The molecule has 2 amide bonds. The van der Waals surface area contributed by atoms with E-state index < -0.39 is 35.7 Å². The SMILES string of the molecule is CO/N=C(/C(=O)O)C1CSC(NC(=O)[C@H](C)NC(=O)OC(C)(C)C)=N1. The van der Waals surface area contributed by atoms with Crippen LogP contribution < -0.4 is 10.6 Å². The molecule has 2 atom stereocenters. The lowest BCUT2D eigenvalue weighted by Gasteiger charge is -2.21. The van der Waals surface area contributed by atoms with Crippen molar-refractivity contribution >= 4 is 40.6 Å². The number of carboxylic acid groups (broad SMARTS) is 1. The van der Waals surface area contributed by atoms with Gasteiger partial charge in [-0.05, 0) is 27.7 Å². The number of aliphatic imine (C=N–C) groups is 1. The summed E-state index contributed by atoms with van der Waals surface area (Å²) in [6.45, 7) is 6.63. The minimum atomic E-state index is -1.25. The van der Waals surface area contributed by atoms with E-state index in [1.54, 1.807) is 20.8 Å². The molecule has 25 heavy (non-hydrogen) atoms. The Morgan fingerprint density at radius 1 is 1.40 bits per heavy atom. The maximum atomic E-state index is 12.1. The number of nitrogens with one attached hydrogen (secondary N) is 2. The van der Waals surface area contributed by atoms with Crippen LogP contribution in [0.1, 0.15) is 27.7 Å². The molecule has 0 aromatic heterocycles. The van der Waals surface area contributed by atoms with E-state index in [9.17, 15) is 14.4 Å². The Morgan fingerprint density at radius 3 is 2.56 bits per heavy atom. The number of alkyl carbamates (subject to hydrolysis) is 1. The second-order valence-corrected chi connectivity index (χ2v) is 7.09. The van der Waals surface area contributed by atoms with E-state index in [1.807, 2.05) is 0 Å². The van der Waals surface area contributed by atoms with E-state index in [0.29, 0.717) is 5.75 Å². The van der Waals surface area contributed by atoms with Gasteiger partial charge in [-0.1, -0.05) is 16.9 Å². The van der Waals surface area contributed by atoms with E-state index in [-0.39, 0.29) is 10.9 Å². The largest absolute Gasteiger partial charge is 0.477 e. The smallest absolute Gasteiger partial charge is 0.408 e. The number of ether oxygens (including phenoxy) is 1. The fraction of sp³-hybridized carbons (Fsp3) is 0.643. The Hall–Kier alpha value is -2.30. The number of carboxylic acids is 1. The molecule has 0 fully saturated rings. The molecule has 0 aromatic rings. The predicted octanol–water partition coefficient (Wildman–Crippen LogP) is 0.574. The molecular formula is C14H22N4O6S. The minimum absolute atomic E-state index is 0.248. The summed E-state index contributed by atoms with van der Waals surface area (Å²) in [5, 5.41) is 17.7. The predicted molar refractivity (Wildman–Crippen MR) is 92.7 cm³/mol. The third kappa shape index (κ3) is 6.99. The van der Waals surface area contributed by atoms with Crippen molar-refractivity contribution in [1.29, 1.82) is 0 Å². The first-order valence-electron chi connectivity index (χ1n) is 7.38. The number of carbonyl (C=O) groups is 3. The highest BCUT2D eigenvalue weighted by molar-refractivity contribution is 8.14. The molecule has 0 aromatic carbocycles. The number of carbonyl (C=O) groups excluding carboxylic acids is 2. The summed E-state index contributed by atoms with van der Waals surface area (Å²) in [7, 11) is 1.24. The summed E-state index contributed by atoms with van der Waals surface area (Å²) in [5.74, 6) is -1.44. The number of nitrogens with zero attached hydrogens (tertiary/aromatic N) is 2. The van der Waals surface area contributed by atoms with E-state index in [2.05, 4.69) is 25.6 Å². The Labute approximate surface area is 149 Å². The van der Waals surface area contributed by atoms with Crippen LogP contribution in [-0.2, 0) is 19.2 Å². The number of amides is 2. The second-order valence-electron chi connectivity index (χ2n) is 6.08. The summed E-state index contributed by atoms with van der Waals surface area (Å²) in [6.07, 6.45) is -0.713. The molecule has 11 heteroatoms. The highest BCUT2D eigenvalue weighted by Gasteiger charge is 2.30. The maximum Gasteiger partial charge on any atom is 0.408 e. The Kier molecular flexibility index (Phi) is 7.22. The van der Waals surface area contributed by atoms with Crippen LogP contribution in [0.15, 0.2) is 10.1 Å². The van der Waals surface area contributed by atoms with Crippen molar-refractivity contribution in [3.05, 3.63) is 0 Å². The van der Waals surface area contributed by atoms with Crippen molar-refractivity contribution in [2.45, 2.75) is 45.4 Å². The summed E-state index contributed by atoms with van der Waals surface area (Å²) >= 11 is 1.17. The van der Waals surface area contributed by atoms with Crippen molar-refractivity contribution in [2.24, 2.45) is 10.1 Å². The van der Waals surface area contributed by atoms with Crippen LogP contribution in [0.25, 0.3) is 0 Å². The summed E-state index contributed by atoms with van der Waals surface area (Å²) < 4.78 is 5.07. The monoisotopic (exact) mass is 374 g/mol. The number of oxime groups is 1. The lowest BCUT2D eigenvalue weighted by Crippen LogP contribution is -2.47. The molecule has 1 rings (SSSR count). The van der Waals surface area contributed by atoms with E-state index in [1.165, 1.54) is 25.8 Å². The fourth-order valence-corrected chi connectivity index (χ4v) is 2.61. The van der Waals surface area contributed by atoms with Gasteiger partial charge in [0.05, 0.1) is 0 Å². The van der Waals surface area contributed by atoms with Crippen LogP contribution in [-0.4, -0.2) is 64.5 Å². The highest BCUT2D eigenvalue weighted by Crippen LogP contribution is 2.18. The van der Waals surface area contributed by atoms with Gasteiger partial charge in [-0.2, -0.15) is 0 Å². The molecule has 1 heterocycles. The fourth-order valence-electron chi connectivity index (χ4n) is 1.69. The lowest BCUT2D eigenvalue weighted by molar-refractivity contribution is -0.129. The van der Waals surface area contributed by atoms with Crippen LogP contribution in [0.5, 0.6) is 0 Å². The second kappa shape index (κ2) is 8.70. The Bertz CT molecular complexity index is 599. The average Bonchev–Trinajstić information content (AvgIpc) is 2.90. The number of hydrogen-bond acceptors (Lipinski definition) is 8. The van der Waals surface area contributed by atoms with Crippen molar-refractivity contribution in [3.8, 4) is 0 Å². The normalized spacial score (nSPS) is 18.8. The van der Waals surface area contributed by atoms with Crippen molar-refractivity contribution < 1.29 is 29.1 Å². The van der Waals surface area contributed by atoms with Gasteiger partial charge in [0.1, 0.15) is 24.8 Å². The molecule has 0 bridgehead atoms. The first kappa shape index (κ1) is 20.7. The summed E-state index contributed by atoms with van der Waals surface area (Å²) in [6, 6.07) is -1.59. The number of hydrogen-bond donors (Lipinski definition) is 3. The zero-order chi connectivity index (χ0) is 19.2. The molecule has 0 radical (unpaired) electrons. The average molecular weight is 374 g/mol. The first-order valence-corrected chi connectivity index (χ1v) is 8.37. The number of amidine groups is 1. The third-order valence-electron chi connectivity index (χ3n) is 2.73. The number of aliphatic carboxylic acids is 1. The molecule has 10 nitrogen and oxygen atoms in total. The van der Waals surface area contributed by atoms with Crippen molar-refractivity contribution in [3.63, 3.8) is 0 Å². The molecule has 0 aliphatic carbocycles. The third-order valence-corrected chi connectivity index (χ3v) is 3.70. The van der Waals surface area contributed by atoms with Gasteiger partial charge in [-0.15, -0.1) is 0 Å². The zero-order valence-electron chi connectivity index (χ0n) is 14.7. The number of thioether (sulfide) groups is 1. The van der Waals surface area contributed by atoms with Crippen molar-refractivity contribution in [1.82, 2.24) is 10.6 Å². The molecule has 0 spiro atoms. The topological polar surface area (TPSA) is 139 Å². The maximum absolute atomic E-state index is 12.1. The van der Waals surface area contributed by atoms with Gasteiger partial charge < -0.3 is 25.3 Å². The van der Waals surface area contributed by atoms with Crippen LogP contribution >= 0.6 is 11.8 Å². The Balaban J connectivity index is 2.62. The molecule has 1 unspecified atom stereocenters. The summed E-state index contributed by atoms with van der Waals surface area (Å²) in [4.78, 5) is 43.5. The Morgan fingerprint density at radius 2 is 2.04 bits per heavy atom. The molecule has 1 aliphatic heterocycles. The van der Waals surface area contributed by atoms with Gasteiger partial charge in [0.2, 0.25) is 5.91 Å². The van der Waals surface area contributed by atoms with Crippen LogP contribution in [0, 0.1) is 0 Å². The quantitative estimate of drug-likeness (QED) is 0.472. The molecule has 1 aliphatic rings. The van der Waals surface area contributed by atoms with Crippen LogP contribution in [0.2, 0.25) is 0 Å². The standard InChI is InChI=1S/C14H22N4O6S/c1-7(15-13(22)24-14(2,3)4)10(19)17-12-16-8(6-25-12)9(11(20)21)18-23-5/h7-8H,6H2,1-5H3,(H,15,22)(H,20,21)(H,16,17,19)/b18-9+/t7-,8?/m0/s1. The van der Waals surface area contributed by atoms with E-state index in [0.717, 1.165) is 0 Å². The molecule has 0 saturated heterocycles. The van der Waals surface area contributed by atoms with Gasteiger partial charge in [0, 0.05) is 5.75 Å². The van der Waals surface area contributed by atoms with E-state index in [4.69, 9.17) is 9.84 Å². The van der Waals surface area contributed by atoms with Crippen LogP contribution in [0.4, 0.5) is 4.79 Å². The summed E-state index contributed by atoms with van der Waals surface area (Å²) in [5.41, 5.74) is -0.925. The molecule has 3 N–H and O–H groups in total. The van der Waals surface area contributed by atoms with Gasteiger partial charge in [0.15, 0.2) is 10.9 Å². The van der Waals surface area contributed by atoms with Crippen molar-refractivity contribution in [2.75, 3.05) is 12.9 Å². The van der Waals surface area contributed by atoms with Gasteiger partial charge in [-0.3, -0.25) is 9.79 Å². The molecular weight excluding hydrogens is 352 g/mol. The van der Waals surface area contributed by atoms with Gasteiger partial charge >= 0.3 is 12.1 Å². The minimum Gasteiger partial charge on any atom is -0.477 e. The van der Waals surface area contributed by atoms with E-state index >= 15 is 0 Å². The van der Waals surface area contributed by atoms with Crippen LogP contribution in [0.3, 0.4) is 0 Å². The lowest BCUT2D eigenvalue weighted by atomic mass is 10.2. The molecule has 140 valence electrons. The zero-order valence-corrected chi connectivity index (χ0v) is 15.5.